The van der Waals surface area contributed by atoms with Gasteiger partial charge in [-0.2, -0.15) is 0 Å². The van der Waals surface area contributed by atoms with Crippen molar-refractivity contribution in [1.29, 1.82) is 0 Å². The van der Waals surface area contributed by atoms with Gasteiger partial charge in [0.1, 0.15) is 5.69 Å². The third-order valence-electron chi connectivity index (χ3n) is 2.21. The van der Waals surface area contributed by atoms with E-state index in [0.29, 0.717) is 5.69 Å². The Bertz CT molecular complexity index is 363. The molecule has 1 amide bonds. The smallest absolute Gasteiger partial charge is 0.268 e. The van der Waals surface area contributed by atoms with E-state index >= 15 is 0 Å². The molecule has 1 aromatic heterocycles. The lowest BCUT2D eigenvalue weighted by Crippen LogP contribution is -2.36. The first kappa shape index (κ1) is 13.3. The Labute approximate surface area is 104 Å². The van der Waals surface area contributed by atoms with Crippen LogP contribution in [0.3, 0.4) is 0 Å². The summed E-state index contributed by atoms with van der Waals surface area (Å²) >= 11 is 3.35. The van der Waals surface area contributed by atoms with Gasteiger partial charge in [-0.3, -0.25) is 4.79 Å². The molecule has 1 rings (SSSR count). The minimum atomic E-state index is -0.226. The molecule has 0 aliphatic rings. The van der Waals surface area contributed by atoms with Gasteiger partial charge >= 0.3 is 0 Å². The van der Waals surface area contributed by atoms with Gasteiger partial charge in [-0.25, -0.2) is 0 Å². The first-order chi connectivity index (χ1) is 7.58. The van der Waals surface area contributed by atoms with E-state index in [0.717, 1.165) is 17.4 Å². The van der Waals surface area contributed by atoms with Crippen molar-refractivity contribution in [2.45, 2.75) is 32.9 Å². The Morgan fingerprint density at radius 2 is 2.38 bits per heavy atom. The number of rotatable bonds is 5. The second-order valence-electron chi connectivity index (χ2n) is 3.79. The van der Waals surface area contributed by atoms with Gasteiger partial charge in [0.15, 0.2) is 0 Å². The Morgan fingerprint density at radius 3 is 2.94 bits per heavy atom. The second-order valence-corrected chi connectivity index (χ2v) is 4.71. The molecular formula is C11H17BrN2O2. The third kappa shape index (κ3) is 3.35. The molecule has 0 saturated carbocycles. The highest BCUT2D eigenvalue weighted by Gasteiger charge is 2.14. The van der Waals surface area contributed by atoms with Crippen LogP contribution in [0.5, 0.6) is 0 Å². The second kappa shape index (κ2) is 6.06. The fourth-order valence-corrected chi connectivity index (χ4v) is 1.90. The van der Waals surface area contributed by atoms with Crippen LogP contribution < -0.4 is 5.32 Å². The van der Waals surface area contributed by atoms with Gasteiger partial charge in [0, 0.05) is 23.3 Å². The number of carbonyl (C=O) groups is 1. The average molecular weight is 289 g/mol. The van der Waals surface area contributed by atoms with Crippen LogP contribution in [0.4, 0.5) is 0 Å². The first-order valence-electron chi connectivity index (χ1n) is 5.35. The normalized spacial score (nSPS) is 12.5. The number of aliphatic hydroxyl groups excluding tert-OH is 1. The number of nitrogens with zero attached hydrogens (tertiary/aromatic N) is 1. The van der Waals surface area contributed by atoms with Gasteiger partial charge in [-0.1, -0.05) is 6.92 Å². The number of amides is 1. The van der Waals surface area contributed by atoms with E-state index in [4.69, 9.17) is 5.11 Å². The molecular weight excluding hydrogens is 272 g/mol. The van der Waals surface area contributed by atoms with Crippen molar-refractivity contribution in [2.24, 2.45) is 0 Å². The quantitative estimate of drug-likeness (QED) is 0.868. The van der Waals surface area contributed by atoms with Gasteiger partial charge in [-0.05, 0) is 35.3 Å². The number of aryl methyl sites for hydroxylation is 1. The minimum absolute atomic E-state index is 0.0542. The Balaban J connectivity index is 2.81. The Kier molecular flexibility index (Phi) is 5.02. The van der Waals surface area contributed by atoms with E-state index in [-0.39, 0.29) is 18.6 Å². The van der Waals surface area contributed by atoms with Crippen molar-refractivity contribution in [3.05, 3.63) is 22.4 Å². The lowest BCUT2D eigenvalue weighted by atomic mass is 10.3. The standard InChI is InChI=1S/C11H17BrN2O2/c1-3-4-14-6-9(12)5-10(14)11(16)13-8(2)7-15/h5-6,8,15H,3-4,7H2,1-2H3,(H,13,16)/t8-/m0/s1. The van der Waals surface area contributed by atoms with E-state index < -0.39 is 0 Å². The van der Waals surface area contributed by atoms with E-state index in [1.165, 1.54) is 0 Å². The number of hydrogen-bond acceptors (Lipinski definition) is 2. The van der Waals surface area contributed by atoms with Crippen LogP contribution in [0.25, 0.3) is 0 Å². The van der Waals surface area contributed by atoms with Gasteiger partial charge in [0.05, 0.1) is 6.61 Å². The maximum atomic E-state index is 11.9. The van der Waals surface area contributed by atoms with Crippen LogP contribution >= 0.6 is 15.9 Å². The Hall–Kier alpha value is -0.810. The number of hydrogen-bond donors (Lipinski definition) is 2. The average Bonchev–Trinajstić information content (AvgIpc) is 2.60. The molecule has 1 aromatic rings. The van der Waals surface area contributed by atoms with Gasteiger partial charge < -0.3 is 15.0 Å². The summed E-state index contributed by atoms with van der Waals surface area (Å²) < 4.78 is 2.80. The molecule has 0 unspecified atom stereocenters. The molecule has 16 heavy (non-hydrogen) atoms. The monoisotopic (exact) mass is 288 g/mol. The number of halogens is 1. The largest absolute Gasteiger partial charge is 0.394 e. The minimum Gasteiger partial charge on any atom is -0.394 e. The molecule has 1 heterocycles. The van der Waals surface area contributed by atoms with Crippen molar-refractivity contribution in [3.8, 4) is 0 Å². The molecule has 0 radical (unpaired) electrons. The third-order valence-corrected chi connectivity index (χ3v) is 2.65. The fourth-order valence-electron chi connectivity index (χ4n) is 1.43. The summed E-state index contributed by atoms with van der Waals surface area (Å²) in [6.45, 7) is 4.58. The van der Waals surface area contributed by atoms with E-state index in [1.807, 2.05) is 10.8 Å². The molecule has 4 nitrogen and oxygen atoms in total. The van der Waals surface area contributed by atoms with Gasteiger partial charge in [0.2, 0.25) is 0 Å². The molecule has 0 bridgehead atoms. The number of aliphatic hydroxyl groups is 1. The number of aromatic nitrogens is 1. The first-order valence-corrected chi connectivity index (χ1v) is 6.15. The topological polar surface area (TPSA) is 54.3 Å². The van der Waals surface area contributed by atoms with Crippen LogP contribution in [0.15, 0.2) is 16.7 Å². The molecule has 0 saturated heterocycles. The van der Waals surface area contributed by atoms with Crippen LogP contribution in [0.1, 0.15) is 30.8 Å². The highest BCUT2D eigenvalue weighted by molar-refractivity contribution is 9.10. The summed E-state index contributed by atoms with van der Waals surface area (Å²) in [5.41, 5.74) is 0.619. The molecule has 0 fully saturated rings. The maximum absolute atomic E-state index is 11.9. The van der Waals surface area contributed by atoms with Crippen molar-refractivity contribution >= 4 is 21.8 Å². The van der Waals surface area contributed by atoms with Crippen molar-refractivity contribution in [2.75, 3.05) is 6.61 Å². The van der Waals surface area contributed by atoms with E-state index in [1.54, 1.807) is 13.0 Å². The number of nitrogens with one attached hydrogen (secondary N) is 1. The SMILES string of the molecule is CCCn1cc(Br)cc1C(=O)N[C@@H](C)CO. The van der Waals surface area contributed by atoms with Gasteiger partial charge in [-0.15, -0.1) is 0 Å². The molecule has 0 aliphatic carbocycles. The summed E-state index contributed by atoms with van der Waals surface area (Å²) in [5, 5.41) is 11.6. The predicted octanol–water partition coefficient (Wildman–Crippen LogP) is 1.77. The van der Waals surface area contributed by atoms with Crippen molar-refractivity contribution < 1.29 is 9.90 Å². The molecule has 5 heteroatoms. The highest BCUT2D eigenvalue weighted by Crippen LogP contribution is 2.15. The van der Waals surface area contributed by atoms with Crippen molar-refractivity contribution in [1.82, 2.24) is 9.88 Å². The molecule has 1 atom stereocenters. The van der Waals surface area contributed by atoms with E-state index in [9.17, 15) is 4.79 Å². The summed E-state index contributed by atoms with van der Waals surface area (Å²) in [6, 6.07) is 1.56. The lowest BCUT2D eigenvalue weighted by molar-refractivity contribution is 0.0913. The zero-order valence-corrected chi connectivity index (χ0v) is 11.1. The Morgan fingerprint density at radius 1 is 1.69 bits per heavy atom. The van der Waals surface area contributed by atoms with Crippen LogP contribution in [-0.2, 0) is 6.54 Å². The van der Waals surface area contributed by atoms with Crippen molar-refractivity contribution in [3.63, 3.8) is 0 Å². The molecule has 2 N–H and O–H groups in total. The fraction of sp³-hybridized carbons (Fsp3) is 0.545. The van der Waals surface area contributed by atoms with Crippen LogP contribution in [-0.4, -0.2) is 28.2 Å². The zero-order chi connectivity index (χ0) is 12.1. The number of carbonyl (C=O) groups excluding carboxylic acids is 1. The van der Waals surface area contributed by atoms with E-state index in [2.05, 4.69) is 28.2 Å². The predicted molar refractivity (Wildman–Crippen MR) is 66.4 cm³/mol. The summed E-state index contributed by atoms with van der Waals surface area (Å²) in [5.74, 6) is -0.152. The molecule has 0 aliphatic heterocycles. The maximum Gasteiger partial charge on any atom is 0.268 e. The van der Waals surface area contributed by atoms with Crippen LogP contribution in [0.2, 0.25) is 0 Å². The van der Waals surface area contributed by atoms with Crippen LogP contribution in [0, 0.1) is 0 Å². The zero-order valence-electron chi connectivity index (χ0n) is 9.53. The van der Waals surface area contributed by atoms with Gasteiger partial charge in [0.25, 0.3) is 5.91 Å². The lowest BCUT2D eigenvalue weighted by Gasteiger charge is -2.12. The molecule has 0 spiro atoms. The summed E-state index contributed by atoms with van der Waals surface area (Å²) in [6.07, 6.45) is 2.86. The summed E-state index contributed by atoms with van der Waals surface area (Å²) in [4.78, 5) is 11.9. The highest BCUT2D eigenvalue weighted by atomic mass is 79.9. The summed E-state index contributed by atoms with van der Waals surface area (Å²) in [7, 11) is 0. The molecule has 90 valence electrons. The molecule has 0 aromatic carbocycles.